The maximum Gasteiger partial charge on any atom is 0.289 e. The fraction of sp³-hybridized carbons (Fsp3) is 0.529. The summed E-state index contributed by atoms with van der Waals surface area (Å²) in [7, 11) is 0. The molecule has 0 aromatic carbocycles. The summed E-state index contributed by atoms with van der Waals surface area (Å²) in [5.41, 5.74) is 2.36. The van der Waals surface area contributed by atoms with Gasteiger partial charge in [-0.25, -0.2) is 4.98 Å². The van der Waals surface area contributed by atoms with Crippen molar-refractivity contribution in [2.75, 3.05) is 19.6 Å². The summed E-state index contributed by atoms with van der Waals surface area (Å²) in [6.45, 7) is 6.75. The summed E-state index contributed by atoms with van der Waals surface area (Å²) in [6.07, 6.45) is 2.96. The number of carbonyl (C=O) groups is 1. The number of piperidine rings is 1. The largest absolute Gasteiger partial charge is 0.449 e. The molecule has 1 N–H and O–H groups in total. The molecule has 0 bridgehead atoms. The number of nitrogens with one attached hydrogen (secondary N) is 1. The quantitative estimate of drug-likeness (QED) is 0.943. The van der Waals surface area contributed by atoms with E-state index in [0.29, 0.717) is 17.4 Å². The van der Waals surface area contributed by atoms with Crippen LogP contribution in [0.25, 0.3) is 11.1 Å². The summed E-state index contributed by atoms with van der Waals surface area (Å²) in [6, 6.07) is 5.85. The van der Waals surface area contributed by atoms with Gasteiger partial charge < -0.3 is 14.6 Å². The van der Waals surface area contributed by atoms with Crippen molar-refractivity contribution < 1.29 is 9.21 Å². The molecule has 0 saturated carbocycles. The number of hydrogen-bond donors (Lipinski definition) is 1. The first kappa shape index (κ1) is 15.0. The number of rotatable bonds is 4. The van der Waals surface area contributed by atoms with E-state index in [4.69, 9.17) is 4.42 Å². The first-order valence-electron chi connectivity index (χ1n) is 8.08. The summed E-state index contributed by atoms with van der Waals surface area (Å²) in [5, 5.41) is 3.35. The Kier molecular flexibility index (Phi) is 4.43. The first-order chi connectivity index (χ1) is 10.7. The third-order valence-electron chi connectivity index (χ3n) is 4.20. The topological polar surface area (TPSA) is 58.4 Å². The molecule has 1 fully saturated rings. The van der Waals surface area contributed by atoms with E-state index in [-0.39, 0.29) is 5.91 Å². The second-order valence-electron chi connectivity index (χ2n) is 5.93. The molecule has 0 radical (unpaired) electrons. The van der Waals surface area contributed by atoms with Crippen LogP contribution in [0, 0.1) is 6.92 Å². The zero-order valence-electron chi connectivity index (χ0n) is 13.3. The average Bonchev–Trinajstić information content (AvgIpc) is 2.96. The molecule has 0 atom stereocenters. The Balaban J connectivity index is 1.87. The van der Waals surface area contributed by atoms with Crippen LogP contribution < -0.4 is 5.32 Å². The highest BCUT2D eigenvalue weighted by molar-refractivity contribution is 5.95. The molecule has 0 aliphatic carbocycles. The SMILES string of the molecule is CCCN(C(=O)c1cc2nc(C)ccc2o1)C1CCNCC1. The van der Waals surface area contributed by atoms with Crippen molar-refractivity contribution in [3.05, 3.63) is 29.7 Å². The highest BCUT2D eigenvalue weighted by Crippen LogP contribution is 2.22. The van der Waals surface area contributed by atoms with E-state index in [0.717, 1.165) is 50.1 Å². The third kappa shape index (κ3) is 2.99. The molecule has 1 aliphatic rings. The molecule has 22 heavy (non-hydrogen) atoms. The summed E-state index contributed by atoms with van der Waals surface area (Å²) in [4.78, 5) is 19.3. The van der Waals surface area contributed by atoms with E-state index in [1.807, 2.05) is 24.0 Å². The fourth-order valence-electron chi connectivity index (χ4n) is 3.08. The van der Waals surface area contributed by atoms with Gasteiger partial charge >= 0.3 is 0 Å². The smallest absolute Gasteiger partial charge is 0.289 e. The van der Waals surface area contributed by atoms with Crippen molar-refractivity contribution in [2.24, 2.45) is 0 Å². The summed E-state index contributed by atoms with van der Waals surface area (Å²) in [5.74, 6) is 0.393. The van der Waals surface area contributed by atoms with Gasteiger partial charge in [0.05, 0.1) is 0 Å². The van der Waals surface area contributed by atoms with Gasteiger partial charge in [0.25, 0.3) is 5.91 Å². The Morgan fingerprint density at radius 3 is 2.91 bits per heavy atom. The molecule has 118 valence electrons. The molecule has 2 aromatic heterocycles. The number of amides is 1. The van der Waals surface area contributed by atoms with Crippen LogP contribution in [0.5, 0.6) is 0 Å². The molecule has 1 amide bonds. The van der Waals surface area contributed by atoms with Crippen LogP contribution in [-0.4, -0.2) is 41.5 Å². The van der Waals surface area contributed by atoms with Gasteiger partial charge in [-0.15, -0.1) is 0 Å². The number of carbonyl (C=O) groups excluding carboxylic acids is 1. The van der Waals surface area contributed by atoms with Crippen LogP contribution in [0.15, 0.2) is 22.6 Å². The molecule has 0 spiro atoms. The van der Waals surface area contributed by atoms with Crippen molar-refractivity contribution in [2.45, 2.75) is 39.2 Å². The van der Waals surface area contributed by atoms with Crippen LogP contribution in [-0.2, 0) is 0 Å². The zero-order valence-corrected chi connectivity index (χ0v) is 13.3. The first-order valence-corrected chi connectivity index (χ1v) is 8.08. The lowest BCUT2D eigenvalue weighted by Gasteiger charge is -2.34. The number of furan rings is 1. The Hall–Kier alpha value is -1.88. The Morgan fingerprint density at radius 1 is 1.41 bits per heavy atom. The molecule has 5 heteroatoms. The lowest BCUT2D eigenvalue weighted by Crippen LogP contribution is -2.46. The molecule has 0 unspecified atom stereocenters. The number of nitrogens with zero attached hydrogens (tertiary/aromatic N) is 2. The highest BCUT2D eigenvalue weighted by atomic mass is 16.3. The van der Waals surface area contributed by atoms with E-state index in [1.54, 1.807) is 6.07 Å². The summed E-state index contributed by atoms with van der Waals surface area (Å²) >= 11 is 0. The minimum absolute atomic E-state index is 0.00981. The predicted molar refractivity (Wildman–Crippen MR) is 86.0 cm³/mol. The van der Waals surface area contributed by atoms with Crippen LogP contribution in [0.1, 0.15) is 42.4 Å². The molecular formula is C17H23N3O2. The molecular weight excluding hydrogens is 278 g/mol. The average molecular weight is 301 g/mol. The van der Waals surface area contributed by atoms with Gasteiger partial charge in [0.1, 0.15) is 5.52 Å². The maximum absolute atomic E-state index is 12.9. The highest BCUT2D eigenvalue weighted by Gasteiger charge is 2.27. The van der Waals surface area contributed by atoms with Gasteiger partial charge in [0.2, 0.25) is 0 Å². The van der Waals surface area contributed by atoms with Gasteiger partial charge in [0.15, 0.2) is 11.3 Å². The van der Waals surface area contributed by atoms with Crippen molar-refractivity contribution in [3.8, 4) is 0 Å². The minimum atomic E-state index is -0.00981. The Labute approximate surface area is 130 Å². The molecule has 3 rings (SSSR count). The second kappa shape index (κ2) is 6.48. The normalized spacial score (nSPS) is 16.1. The standard InChI is InChI=1S/C17H23N3O2/c1-3-10-20(13-6-8-18-9-7-13)17(21)16-11-14-15(22-16)5-4-12(2)19-14/h4-5,11,13,18H,3,6-10H2,1-2H3. The van der Waals surface area contributed by atoms with Crippen molar-refractivity contribution >= 4 is 17.0 Å². The number of aromatic nitrogens is 1. The lowest BCUT2D eigenvalue weighted by atomic mass is 10.0. The van der Waals surface area contributed by atoms with Crippen LogP contribution >= 0.6 is 0 Å². The Bertz CT molecular complexity index is 659. The van der Waals surface area contributed by atoms with Crippen LogP contribution in [0.4, 0.5) is 0 Å². The van der Waals surface area contributed by atoms with Crippen LogP contribution in [0.2, 0.25) is 0 Å². The van der Waals surface area contributed by atoms with E-state index < -0.39 is 0 Å². The van der Waals surface area contributed by atoms with Crippen molar-refractivity contribution in [1.82, 2.24) is 15.2 Å². The predicted octanol–water partition coefficient (Wildman–Crippen LogP) is 2.74. The molecule has 1 aliphatic heterocycles. The number of pyridine rings is 1. The fourth-order valence-corrected chi connectivity index (χ4v) is 3.08. The van der Waals surface area contributed by atoms with Gasteiger partial charge in [-0.3, -0.25) is 4.79 Å². The van der Waals surface area contributed by atoms with Gasteiger partial charge in [-0.2, -0.15) is 0 Å². The van der Waals surface area contributed by atoms with E-state index in [1.165, 1.54) is 0 Å². The number of hydrogen-bond acceptors (Lipinski definition) is 4. The Morgan fingerprint density at radius 2 is 2.18 bits per heavy atom. The molecule has 5 nitrogen and oxygen atoms in total. The van der Waals surface area contributed by atoms with Crippen molar-refractivity contribution in [3.63, 3.8) is 0 Å². The van der Waals surface area contributed by atoms with Crippen molar-refractivity contribution in [1.29, 1.82) is 0 Å². The van der Waals surface area contributed by atoms with E-state index >= 15 is 0 Å². The molecule has 2 aromatic rings. The van der Waals surface area contributed by atoms with E-state index in [9.17, 15) is 4.79 Å². The van der Waals surface area contributed by atoms with Crippen LogP contribution in [0.3, 0.4) is 0 Å². The summed E-state index contributed by atoms with van der Waals surface area (Å²) < 4.78 is 5.73. The molecule has 1 saturated heterocycles. The van der Waals surface area contributed by atoms with Gasteiger partial charge in [-0.1, -0.05) is 6.92 Å². The van der Waals surface area contributed by atoms with E-state index in [2.05, 4.69) is 17.2 Å². The second-order valence-corrected chi connectivity index (χ2v) is 5.93. The number of aryl methyl sites for hydroxylation is 1. The maximum atomic E-state index is 12.9. The lowest BCUT2D eigenvalue weighted by molar-refractivity contribution is 0.0612. The van der Waals surface area contributed by atoms with Gasteiger partial charge in [-0.05, 0) is 51.4 Å². The molecule has 3 heterocycles. The minimum Gasteiger partial charge on any atom is -0.449 e. The zero-order chi connectivity index (χ0) is 15.5. The van der Waals surface area contributed by atoms with Gasteiger partial charge in [0, 0.05) is 24.3 Å². The monoisotopic (exact) mass is 301 g/mol. The number of fused-ring (bicyclic) bond motifs is 1. The third-order valence-corrected chi connectivity index (χ3v) is 4.20.